The Hall–Kier alpha value is -2.65. The highest BCUT2D eigenvalue weighted by Gasteiger charge is 2.57. The Balaban J connectivity index is 2.06. The molecule has 2 aliphatic heterocycles. The van der Waals surface area contributed by atoms with Gasteiger partial charge in [0.15, 0.2) is 5.54 Å². The van der Waals surface area contributed by atoms with Gasteiger partial charge in [-0.2, -0.15) is 0 Å². The first-order valence-corrected chi connectivity index (χ1v) is 9.88. The number of benzene rings is 1. The molecule has 2 aliphatic rings. The molecular weight excluding hydrogens is 392 g/mol. The first-order valence-electron chi connectivity index (χ1n) is 9.88. The van der Waals surface area contributed by atoms with Crippen LogP contribution in [0, 0.1) is 0 Å². The lowest BCUT2D eigenvalue weighted by molar-refractivity contribution is -0.168. The van der Waals surface area contributed by atoms with Crippen molar-refractivity contribution in [2.75, 3.05) is 39.5 Å². The van der Waals surface area contributed by atoms with Crippen molar-refractivity contribution in [2.24, 2.45) is 0 Å². The fourth-order valence-corrected chi connectivity index (χ4v) is 3.75. The molecule has 2 amide bonds. The molecule has 30 heavy (non-hydrogen) atoms. The monoisotopic (exact) mass is 420 g/mol. The lowest BCUT2D eigenvalue weighted by atomic mass is 9.89. The molecular formula is C21H28N2O7. The van der Waals surface area contributed by atoms with Gasteiger partial charge in [-0.25, -0.2) is 4.79 Å². The van der Waals surface area contributed by atoms with Gasteiger partial charge in [-0.05, 0) is 26.3 Å². The minimum atomic E-state index is -1.49. The van der Waals surface area contributed by atoms with Gasteiger partial charge in [0.05, 0.1) is 32.5 Å². The highest BCUT2D eigenvalue weighted by atomic mass is 16.6. The molecule has 0 saturated carbocycles. The molecule has 1 N–H and O–H groups in total. The van der Waals surface area contributed by atoms with E-state index in [4.69, 9.17) is 14.2 Å². The molecule has 0 radical (unpaired) electrons. The number of piperazine rings is 1. The van der Waals surface area contributed by atoms with Crippen LogP contribution in [0.4, 0.5) is 4.79 Å². The second-order valence-corrected chi connectivity index (χ2v) is 8.48. The van der Waals surface area contributed by atoms with Crippen molar-refractivity contribution in [3.8, 4) is 0 Å². The number of ether oxygens (including phenoxy) is 3. The summed E-state index contributed by atoms with van der Waals surface area (Å²) in [6, 6.07) is 8.40. The van der Waals surface area contributed by atoms with Gasteiger partial charge in [0.25, 0.3) is 5.91 Å². The van der Waals surface area contributed by atoms with E-state index in [0.29, 0.717) is 0 Å². The molecule has 0 bridgehead atoms. The zero-order chi connectivity index (χ0) is 21.9. The normalized spacial score (nSPS) is 22.0. The lowest BCUT2D eigenvalue weighted by Gasteiger charge is -2.51. The quantitative estimate of drug-likeness (QED) is 0.793. The summed E-state index contributed by atoms with van der Waals surface area (Å²) in [6.45, 7) is 5.16. The summed E-state index contributed by atoms with van der Waals surface area (Å²) in [7, 11) is 0. The summed E-state index contributed by atoms with van der Waals surface area (Å²) in [4.78, 5) is 41.1. The SMILES string of the molecule is CC(C)(C)OC(=O)N1CC(c2ccccc2)N(CC(=O)O)C(=O)C12COCCOC2. The van der Waals surface area contributed by atoms with Gasteiger partial charge in [0.1, 0.15) is 12.1 Å². The zero-order valence-corrected chi connectivity index (χ0v) is 17.5. The molecule has 9 heteroatoms. The van der Waals surface area contributed by atoms with E-state index in [9.17, 15) is 19.5 Å². The van der Waals surface area contributed by atoms with Crippen LogP contribution in [0.5, 0.6) is 0 Å². The average molecular weight is 420 g/mol. The van der Waals surface area contributed by atoms with E-state index in [2.05, 4.69) is 0 Å². The molecule has 0 aromatic heterocycles. The molecule has 2 saturated heterocycles. The van der Waals surface area contributed by atoms with Gasteiger partial charge < -0.3 is 24.2 Å². The van der Waals surface area contributed by atoms with Crippen LogP contribution >= 0.6 is 0 Å². The Morgan fingerprint density at radius 1 is 1.17 bits per heavy atom. The van der Waals surface area contributed by atoms with Crippen LogP contribution in [0.1, 0.15) is 32.4 Å². The third-order valence-corrected chi connectivity index (χ3v) is 5.06. The van der Waals surface area contributed by atoms with E-state index in [1.807, 2.05) is 6.07 Å². The lowest BCUT2D eigenvalue weighted by Crippen LogP contribution is -2.72. The number of rotatable bonds is 3. The molecule has 0 aliphatic carbocycles. The smallest absolute Gasteiger partial charge is 0.411 e. The van der Waals surface area contributed by atoms with Crippen molar-refractivity contribution >= 4 is 18.0 Å². The van der Waals surface area contributed by atoms with Crippen molar-refractivity contribution in [1.82, 2.24) is 9.80 Å². The molecule has 2 heterocycles. The van der Waals surface area contributed by atoms with Gasteiger partial charge in [0.2, 0.25) is 0 Å². The first-order chi connectivity index (χ1) is 14.1. The number of aliphatic carboxylic acids is 1. The zero-order valence-electron chi connectivity index (χ0n) is 17.5. The minimum Gasteiger partial charge on any atom is -0.480 e. The molecule has 1 atom stereocenters. The molecule has 1 aromatic carbocycles. The number of carbonyl (C=O) groups excluding carboxylic acids is 2. The van der Waals surface area contributed by atoms with Gasteiger partial charge in [0, 0.05) is 6.54 Å². The van der Waals surface area contributed by atoms with Crippen LogP contribution in [0.2, 0.25) is 0 Å². The minimum absolute atomic E-state index is 0.0602. The predicted octanol–water partition coefficient (Wildman–Crippen LogP) is 1.68. The van der Waals surface area contributed by atoms with Crippen LogP contribution in [-0.4, -0.2) is 83.5 Å². The number of hydrogen-bond acceptors (Lipinski definition) is 6. The summed E-state index contributed by atoms with van der Waals surface area (Å²) in [5.41, 5.74) is -1.53. The van der Waals surface area contributed by atoms with Gasteiger partial charge >= 0.3 is 12.1 Å². The fourth-order valence-electron chi connectivity index (χ4n) is 3.75. The summed E-state index contributed by atoms with van der Waals surface area (Å²) >= 11 is 0. The molecule has 1 spiro atoms. The highest BCUT2D eigenvalue weighted by molar-refractivity contribution is 5.94. The number of carboxylic acids is 1. The summed E-state index contributed by atoms with van der Waals surface area (Å²) in [5, 5.41) is 9.46. The predicted molar refractivity (Wildman–Crippen MR) is 106 cm³/mol. The maximum Gasteiger partial charge on any atom is 0.411 e. The highest BCUT2D eigenvalue weighted by Crippen LogP contribution is 2.36. The number of nitrogens with zero attached hydrogens (tertiary/aromatic N) is 2. The number of carbonyl (C=O) groups is 3. The van der Waals surface area contributed by atoms with E-state index >= 15 is 0 Å². The van der Waals surface area contributed by atoms with Crippen LogP contribution in [0.3, 0.4) is 0 Å². The standard InChI is InChI=1S/C21H28N2O7/c1-20(2,3)30-19(27)23-11-16(15-7-5-4-6-8-15)22(12-17(24)25)18(26)21(23)13-28-9-10-29-14-21/h4-8,16H,9-14H2,1-3H3,(H,24,25). The third kappa shape index (κ3) is 4.57. The van der Waals surface area contributed by atoms with Crippen molar-refractivity contribution in [1.29, 1.82) is 0 Å². The van der Waals surface area contributed by atoms with Crippen LogP contribution in [-0.2, 0) is 23.8 Å². The van der Waals surface area contributed by atoms with E-state index < -0.39 is 41.7 Å². The van der Waals surface area contributed by atoms with E-state index in [1.165, 1.54) is 9.80 Å². The first kappa shape index (κ1) is 22.0. The second-order valence-electron chi connectivity index (χ2n) is 8.48. The van der Waals surface area contributed by atoms with E-state index in [-0.39, 0.29) is 33.0 Å². The van der Waals surface area contributed by atoms with Gasteiger partial charge in [-0.3, -0.25) is 14.5 Å². The largest absolute Gasteiger partial charge is 0.480 e. The van der Waals surface area contributed by atoms with Crippen LogP contribution in [0.25, 0.3) is 0 Å². The topological polar surface area (TPSA) is 106 Å². The molecule has 1 aromatic rings. The fraction of sp³-hybridized carbons (Fsp3) is 0.571. The van der Waals surface area contributed by atoms with Crippen LogP contribution in [0.15, 0.2) is 30.3 Å². The van der Waals surface area contributed by atoms with Crippen molar-refractivity contribution in [3.05, 3.63) is 35.9 Å². The van der Waals surface area contributed by atoms with Crippen molar-refractivity contribution in [3.63, 3.8) is 0 Å². The van der Waals surface area contributed by atoms with Crippen molar-refractivity contribution < 1.29 is 33.7 Å². The molecule has 2 fully saturated rings. The maximum atomic E-state index is 13.7. The number of carboxylic acid groups (broad SMARTS) is 1. The molecule has 9 nitrogen and oxygen atoms in total. The van der Waals surface area contributed by atoms with Gasteiger partial charge in [-0.15, -0.1) is 0 Å². The Kier molecular flexibility index (Phi) is 6.33. The third-order valence-electron chi connectivity index (χ3n) is 5.06. The Morgan fingerprint density at radius 3 is 2.30 bits per heavy atom. The van der Waals surface area contributed by atoms with E-state index in [0.717, 1.165) is 5.56 Å². The summed E-state index contributed by atoms with van der Waals surface area (Å²) in [5.74, 6) is -1.67. The number of amides is 2. The Bertz CT molecular complexity index is 782. The molecule has 1 unspecified atom stereocenters. The van der Waals surface area contributed by atoms with E-state index in [1.54, 1.807) is 45.0 Å². The Labute approximate surface area is 175 Å². The Morgan fingerprint density at radius 2 is 1.77 bits per heavy atom. The van der Waals surface area contributed by atoms with Gasteiger partial charge in [-0.1, -0.05) is 30.3 Å². The summed E-state index contributed by atoms with van der Waals surface area (Å²) < 4.78 is 16.8. The van der Waals surface area contributed by atoms with Crippen LogP contribution < -0.4 is 0 Å². The average Bonchev–Trinajstić information content (AvgIpc) is 2.92. The number of hydrogen-bond donors (Lipinski definition) is 1. The summed E-state index contributed by atoms with van der Waals surface area (Å²) in [6.07, 6.45) is -0.666. The molecule has 164 valence electrons. The van der Waals surface area contributed by atoms with Crippen molar-refractivity contribution in [2.45, 2.75) is 38.0 Å². The second kappa shape index (κ2) is 8.61. The molecule has 3 rings (SSSR count). The maximum absolute atomic E-state index is 13.7.